The molecule has 7 heteroatoms. The Morgan fingerprint density at radius 1 is 1.69 bits per heavy atom. The fourth-order valence-electron chi connectivity index (χ4n) is 1.03. The van der Waals surface area contributed by atoms with Crippen molar-refractivity contribution in [2.45, 2.75) is 19.3 Å². The fraction of sp³-hybridized carbons (Fsp3) is 0.333. The lowest BCUT2D eigenvalue weighted by Gasteiger charge is -2.16. The molecule has 0 aromatic carbocycles. The molecule has 88 valence electrons. The number of hydrogen-bond acceptors (Lipinski definition) is 4. The molecule has 0 fully saturated rings. The number of pyridine rings is 1. The van der Waals surface area contributed by atoms with E-state index < -0.39 is 18.4 Å². The van der Waals surface area contributed by atoms with Crippen LogP contribution in [-0.4, -0.2) is 33.6 Å². The smallest absolute Gasteiger partial charge is 0.339 e. The normalized spacial score (nSPS) is 14.2. The van der Waals surface area contributed by atoms with Gasteiger partial charge in [0.1, 0.15) is 10.7 Å². The molecular weight excluding hydrogens is 239 g/mol. The van der Waals surface area contributed by atoms with Gasteiger partial charge in [-0.15, -0.1) is 0 Å². The summed E-state index contributed by atoms with van der Waals surface area (Å²) in [6.45, 7) is 1.37. The monoisotopic (exact) mass is 248 g/mol. The van der Waals surface area contributed by atoms with Gasteiger partial charge in [0.15, 0.2) is 0 Å². The molecule has 1 heterocycles. The van der Waals surface area contributed by atoms with Crippen molar-refractivity contribution < 1.29 is 19.4 Å². The second kappa shape index (κ2) is 5.09. The first-order valence-electron chi connectivity index (χ1n) is 4.39. The van der Waals surface area contributed by atoms with Gasteiger partial charge in [-0.25, -0.2) is 14.2 Å². The van der Waals surface area contributed by atoms with Gasteiger partial charge < -0.3 is 15.5 Å². The minimum atomic E-state index is -2.10. The number of carboxylic acids is 1. The molecule has 1 aromatic heterocycles. The number of nitrogens with one attached hydrogen (secondary N) is 1. The van der Waals surface area contributed by atoms with Crippen molar-refractivity contribution in [3.63, 3.8) is 0 Å². The summed E-state index contributed by atoms with van der Waals surface area (Å²) in [6, 6.07) is 0.306. The quantitative estimate of drug-likeness (QED) is 0.704. The zero-order valence-corrected chi connectivity index (χ0v) is 9.07. The first-order chi connectivity index (χ1) is 7.41. The Kier molecular flexibility index (Phi) is 4.03. The number of anilines is 1. The Morgan fingerprint density at radius 3 is 2.81 bits per heavy atom. The number of hydrogen-bond donors (Lipinski definition) is 3. The first kappa shape index (κ1) is 12.7. The minimum Gasteiger partial charge on any atom is -0.478 e. The first-order valence-corrected chi connectivity index (χ1v) is 4.77. The lowest BCUT2D eigenvalue weighted by Crippen LogP contribution is -2.27. The number of aliphatic hydroxyl groups is 1. The number of carbonyl (C=O) groups is 1. The van der Waals surface area contributed by atoms with Crippen molar-refractivity contribution in [3.8, 4) is 0 Å². The van der Waals surface area contributed by atoms with Crippen LogP contribution in [0.4, 0.5) is 10.1 Å². The SMILES string of the molecule is CC(Nc1cc(Cl)ncc1C(=O)O)C(O)F. The number of halogens is 2. The zero-order valence-electron chi connectivity index (χ0n) is 8.32. The molecule has 0 amide bonds. The van der Waals surface area contributed by atoms with Crippen LogP contribution in [-0.2, 0) is 0 Å². The van der Waals surface area contributed by atoms with E-state index in [9.17, 15) is 9.18 Å². The molecule has 2 unspecified atom stereocenters. The fourth-order valence-corrected chi connectivity index (χ4v) is 1.19. The molecule has 0 bridgehead atoms. The highest BCUT2D eigenvalue weighted by atomic mass is 35.5. The van der Waals surface area contributed by atoms with Gasteiger partial charge in [-0.2, -0.15) is 0 Å². The summed E-state index contributed by atoms with van der Waals surface area (Å²) in [5, 5.41) is 20.1. The number of aromatic carboxylic acids is 1. The molecule has 0 saturated heterocycles. The highest BCUT2D eigenvalue weighted by Crippen LogP contribution is 2.20. The number of aliphatic hydroxyl groups excluding tert-OH is 1. The molecule has 1 rings (SSSR count). The van der Waals surface area contributed by atoms with E-state index in [1.165, 1.54) is 13.0 Å². The largest absolute Gasteiger partial charge is 0.478 e. The van der Waals surface area contributed by atoms with Gasteiger partial charge >= 0.3 is 5.97 Å². The average Bonchev–Trinajstić information content (AvgIpc) is 2.16. The van der Waals surface area contributed by atoms with Crippen molar-refractivity contribution in [2.24, 2.45) is 0 Å². The van der Waals surface area contributed by atoms with Gasteiger partial charge in [-0.3, -0.25) is 0 Å². The van der Waals surface area contributed by atoms with Crippen LogP contribution < -0.4 is 5.32 Å². The molecule has 3 N–H and O–H groups in total. The lowest BCUT2D eigenvalue weighted by molar-refractivity contribution is 0.0294. The van der Waals surface area contributed by atoms with Crippen LogP contribution >= 0.6 is 11.6 Å². The number of rotatable bonds is 4. The van der Waals surface area contributed by atoms with E-state index in [4.69, 9.17) is 21.8 Å². The third-order valence-corrected chi connectivity index (χ3v) is 2.10. The molecule has 0 spiro atoms. The number of alkyl halides is 1. The molecule has 16 heavy (non-hydrogen) atoms. The molecule has 5 nitrogen and oxygen atoms in total. The van der Waals surface area contributed by atoms with Crippen LogP contribution in [0.25, 0.3) is 0 Å². The van der Waals surface area contributed by atoms with Gasteiger partial charge in [0.05, 0.1) is 11.7 Å². The van der Waals surface area contributed by atoms with E-state index in [1.807, 2.05) is 0 Å². The van der Waals surface area contributed by atoms with Gasteiger partial charge in [0.2, 0.25) is 6.36 Å². The maximum absolute atomic E-state index is 12.5. The molecule has 0 aliphatic rings. The lowest BCUT2D eigenvalue weighted by atomic mass is 10.2. The Hall–Kier alpha value is -1.40. The molecule has 0 aliphatic carbocycles. The molecule has 0 aliphatic heterocycles. The van der Waals surface area contributed by atoms with Crippen molar-refractivity contribution >= 4 is 23.3 Å². The van der Waals surface area contributed by atoms with Crippen LogP contribution in [0.15, 0.2) is 12.3 Å². The van der Waals surface area contributed by atoms with Gasteiger partial charge in [-0.1, -0.05) is 11.6 Å². The highest BCUT2D eigenvalue weighted by molar-refractivity contribution is 6.29. The van der Waals surface area contributed by atoms with Crippen LogP contribution in [0.5, 0.6) is 0 Å². The Balaban J connectivity index is 3.01. The van der Waals surface area contributed by atoms with Crippen molar-refractivity contribution in [3.05, 3.63) is 23.0 Å². The third kappa shape index (κ3) is 3.04. The summed E-state index contributed by atoms with van der Waals surface area (Å²) in [5.74, 6) is -1.22. The molecule has 1 aromatic rings. The Bertz CT molecular complexity index is 400. The third-order valence-electron chi connectivity index (χ3n) is 1.90. The number of aromatic nitrogens is 1. The maximum atomic E-state index is 12.5. The summed E-state index contributed by atoms with van der Waals surface area (Å²) in [6.07, 6.45) is -1.04. The van der Waals surface area contributed by atoms with Gasteiger partial charge in [0, 0.05) is 6.20 Å². The van der Waals surface area contributed by atoms with Crippen LogP contribution in [0.2, 0.25) is 5.15 Å². The van der Waals surface area contributed by atoms with E-state index in [1.54, 1.807) is 0 Å². The van der Waals surface area contributed by atoms with Crippen LogP contribution in [0, 0.1) is 0 Å². The topological polar surface area (TPSA) is 82.5 Å². The second-order valence-electron chi connectivity index (χ2n) is 3.16. The number of nitrogens with zero attached hydrogens (tertiary/aromatic N) is 1. The maximum Gasteiger partial charge on any atom is 0.339 e. The Morgan fingerprint density at radius 2 is 2.31 bits per heavy atom. The van der Waals surface area contributed by atoms with Gasteiger partial charge in [-0.05, 0) is 13.0 Å². The summed E-state index contributed by atoms with van der Waals surface area (Å²) in [7, 11) is 0. The van der Waals surface area contributed by atoms with Crippen LogP contribution in [0.3, 0.4) is 0 Å². The van der Waals surface area contributed by atoms with E-state index in [2.05, 4.69) is 10.3 Å². The van der Waals surface area contributed by atoms with E-state index >= 15 is 0 Å². The van der Waals surface area contributed by atoms with Crippen molar-refractivity contribution in [1.82, 2.24) is 4.98 Å². The zero-order chi connectivity index (χ0) is 12.3. The predicted molar refractivity (Wildman–Crippen MR) is 56.4 cm³/mol. The standard InChI is InChI=1S/C9H10ClFN2O3/c1-4(8(11)14)13-6-2-7(10)12-3-5(6)9(15)16/h2-4,8,14H,1H3,(H,12,13)(H,15,16). The molecule has 0 radical (unpaired) electrons. The number of carboxylic acid groups (broad SMARTS) is 1. The van der Waals surface area contributed by atoms with Crippen molar-refractivity contribution in [1.29, 1.82) is 0 Å². The summed E-state index contributed by atoms with van der Waals surface area (Å²) >= 11 is 5.58. The second-order valence-corrected chi connectivity index (χ2v) is 3.55. The highest BCUT2D eigenvalue weighted by Gasteiger charge is 2.17. The Labute approximate surface area is 95.9 Å². The predicted octanol–water partition coefficient (Wildman–Crippen LogP) is 1.52. The molecular formula is C9H10ClFN2O3. The van der Waals surface area contributed by atoms with E-state index in [0.717, 1.165) is 6.20 Å². The molecule has 0 saturated carbocycles. The summed E-state index contributed by atoms with van der Waals surface area (Å²) in [5.41, 5.74) is -0.0337. The van der Waals surface area contributed by atoms with Gasteiger partial charge in [0.25, 0.3) is 0 Å². The van der Waals surface area contributed by atoms with Crippen LogP contribution in [0.1, 0.15) is 17.3 Å². The van der Waals surface area contributed by atoms with E-state index in [0.29, 0.717) is 0 Å². The summed E-state index contributed by atoms with van der Waals surface area (Å²) in [4.78, 5) is 14.4. The van der Waals surface area contributed by atoms with Crippen molar-refractivity contribution in [2.75, 3.05) is 5.32 Å². The summed E-state index contributed by atoms with van der Waals surface area (Å²) < 4.78 is 12.5. The molecule has 2 atom stereocenters. The minimum absolute atomic E-state index is 0.0769. The van der Waals surface area contributed by atoms with E-state index in [-0.39, 0.29) is 16.4 Å². The average molecular weight is 249 g/mol.